The maximum Gasteiger partial charge on any atom is 0.0765 e. The van der Waals surface area contributed by atoms with E-state index in [0.29, 0.717) is 0 Å². The molecule has 0 heterocycles. The molecular formula is C16H14N2. The van der Waals surface area contributed by atoms with Crippen LogP contribution in [0.3, 0.4) is 0 Å². The van der Waals surface area contributed by atoms with Gasteiger partial charge in [-0.25, -0.2) is 4.99 Å². The second-order valence-electron chi connectivity index (χ2n) is 4.38. The highest BCUT2D eigenvalue weighted by Gasteiger charge is 2.22. The predicted octanol–water partition coefficient (Wildman–Crippen LogP) is 3.51. The molecule has 0 bridgehead atoms. The van der Waals surface area contributed by atoms with E-state index < -0.39 is 0 Å². The molecule has 0 amide bonds. The number of allylic oxidation sites excluding steroid dienone is 1. The number of benzene rings is 2. The first-order valence-electron chi connectivity index (χ1n) is 5.97. The van der Waals surface area contributed by atoms with Gasteiger partial charge in [0, 0.05) is 16.8 Å². The Balaban J connectivity index is 2.17. The largest absolute Gasteiger partial charge is 0.398 e. The summed E-state index contributed by atoms with van der Waals surface area (Å²) in [5.74, 6) is 0. The van der Waals surface area contributed by atoms with E-state index in [1.165, 1.54) is 0 Å². The van der Waals surface area contributed by atoms with Crippen molar-refractivity contribution in [3.05, 3.63) is 71.3 Å². The summed E-state index contributed by atoms with van der Waals surface area (Å²) in [6, 6.07) is 18.1. The fraction of sp³-hybridized carbons (Fsp3) is 0.0625. The summed E-state index contributed by atoms with van der Waals surface area (Å²) in [7, 11) is 0. The molecule has 1 aliphatic carbocycles. The maximum atomic E-state index is 6.13. The lowest BCUT2D eigenvalue weighted by atomic mass is 10.1. The molecule has 0 radical (unpaired) electrons. The summed E-state index contributed by atoms with van der Waals surface area (Å²) in [5, 5.41) is 0. The molecule has 0 spiro atoms. The minimum absolute atomic E-state index is 0.834. The minimum atomic E-state index is 0.834. The molecule has 1 aliphatic rings. The van der Waals surface area contributed by atoms with E-state index in [0.717, 1.165) is 33.8 Å². The SMILES string of the molecule is CC1=C(N)c2ccccc2C1=Nc1ccccc1. The minimum Gasteiger partial charge on any atom is -0.398 e. The normalized spacial score (nSPS) is 16.2. The number of rotatable bonds is 1. The van der Waals surface area contributed by atoms with E-state index in [2.05, 4.69) is 6.07 Å². The Bertz CT molecular complexity index is 652. The van der Waals surface area contributed by atoms with Crippen LogP contribution in [0.1, 0.15) is 18.1 Å². The fourth-order valence-corrected chi connectivity index (χ4v) is 2.23. The Kier molecular flexibility index (Phi) is 2.49. The summed E-state index contributed by atoms with van der Waals surface area (Å²) in [6.07, 6.45) is 0. The third-order valence-electron chi connectivity index (χ3n) is 3.23. The van der Waals surface area contributed by atoms with Crippen LogP contribution in [-0.2, 0) is 0 Å². The first-order chi connectivity index (χ1) is 8.77. The van der Waals surface area contributed by atoms with Crippen LogP contribution in [0, 0.1) is 0 Å². The zero-order valence-corrected chi connectivity index (χ0v) is 10.2. The fourth-order valence-electron chi connectivity index (χ4n) is 2.23. The Hall–Kier alpha value is -2.35. The van der Waals surface area contributed by atoms with Crippen molar-refractivity contribution in [3.63, 3.8) is 0 Å². The van der Waals surface area contributed by atoms with Crippen LogP contribution in [0.25, 0.3) is 5.70 Å². The highest BCUT2D eigenvalue weighted by Crippen LogP contribution is 2.31. The number of para-hydroxylation sites is 1. The van der Waals surface area contributed by atoms with Gasteiger partial charge in [0.25, 0.3) is 0 Å². The lowest BCUT2D eigenvalue weighted by Gasteiger charge is -2.02. The van der Waals surface area contributed by atoms with Crippen LogP contribution in [0.5, 0.6) is 0 Å². The molecule has 2 N–H and O–H groups in total. The summed E-state index contributed by atoms with van der Waals surface area (Å²) in [4.78, 5) is 4.71. The van der Waals surface area contributed by atoms with Gasteiger partial charge in [-0.1, -0.05) is 42.5 Å². The van der Waals surface area contributed by atoms with Gasteiger partial charge in [-0.15, -0.1) is 0 Å². The van der Waals surface area contributed by atoms with Crippen molar-refractivity contribution in [2.24, 2.45) is 10.7 Å². The van der Waals surface area contributed by atoms with Gasteiger partial charge in [-0.05, 0) is 24.6 Å². The van der Waals surface area contributed by atoms with Crippen LogP contribution in [-0.4, -0.2) is 5.71 Å². The van der Waals surface area contributed by atoms with E-state index in [9.17, 15) is 0 Å². The molecule has 3 rings (SSSR count). The third-order valence-corrected chi connectivity index (χ3v) is 3.23. The summed E-state index contributed by atoms with van der Waals surface area (Å²) in [6.45, 7) is 2.02. The van der Waals surface area contributed by atoms with Gasteiger partial charge >= 0.3 is 0 Å². The van der Waals surface area contributed by atoms with Crippen molar-refractivity contribution in [2.45, 2.75) is 6.92 Å². The Morgan fingerprint density at radius 1 is 0.833 bits per heavy atom. The lowest BCUT2D eigenvalue weighted by molar-refractivity contribution is 1.47. The van der Waals surface area contributed by atoms with Crippen LogP contribution in [0.2, 0.25) is 0 Å². The van der Waals surface area contributed by atoms with Crippen molar-refractivity contribution < 1.29 is 0 Å². The molecule has 0 fully saturated rings. The molecule has 2 aromatic rings. The first-order valence-corrected chi connectivity index (χ1v) is 5.97. The molecule has 2 nitrogen and oxygen atoms in total. The van der Waals surface area contributed by atoms with Crippen molar-refractivity contribution in [1.82, 2.24) is 0 Å². The van der Waals surface area contributed by atoms with E-state index in [1.807, 2.05) is 55.5 Å². The molecule has 0 atom stereocenters. The first kappa shape index (κ1) is 10.8. The van der Waals surface area contributed by atoms with Crippen LogP contribution >= 0.6 is 0 Å². The van der Waals surface area contributed by atoms with Crippen molar-refractivity contribution in [2.75, 3.05) is 0 Å². The highest BCUT2D eigenvalue weighted by atomic mass is 14.8. The third kappa shape index (κ3) is 1.63. The van der Waals surface area contributed by atoms with Crippen molar-refractivity contribution in [3.8, 4) is 0 Å². The number of hydrogen-bond donors (Lipinski definition) is 1. The maximum absolute atomic E-state index is 6.13. The topological polar surface area (TPSA) is 38.4 Å². The van der Waals surface area contributed by atoms with Gasteiger partial charge in [0.1, 0.15) is 0 Å². The standard InChI is InChI=1S/C16H14N2/c1-11-15(17)13-9-5-6-10-14(13)16(11)18-12-7-3-2-4-8-12/h2-10H,17H2,1H3. The smallest absolute Gasteiger partial charge is 0.0765 e. The lowest BCUT2D eigenvalue weighted by Crippen LogP contribution is -1.98. The molecular weight excluding hydrogens is 220 g/mol. The predicted molar refractivity (Wildman–Crippen MR) is 75.9 cm³/mol. The molecule has 0 saturated carbocycles. The molecule has 88 valence electrons. The molecule has 0 unspecified atom stereocenters. The van der Waals surface area contributed by atoms with Gasteiger partial charge < -0.3 is 5.73 Å². The number of hydrogen-bond acceptors (Lipinski definition) is 2. The van der Waals surface area contributed by atoms with Gasteiger partial charge in [0.05, 0.1) is 11.4 Å². The zero-order valence-electron chi connectivity index (χ0n) is 10.2. The number of nitrogens with two attached hydrogens (primary N) is 1. The second kappa shape index (κ2) is 4.15. The van der Waals surface area contributed by atoms with E-state index in [1.54, 1.807) is 0 Å². The molecule has 2 heteroatoms. The Labute approximate surface area is 106 Å². The Morgan fingerprint density at radius 3 is 2.17 bits per heavy atom. The summed E-state index contributed by atoms with van der Waals surface area (Å²) >= 11 is 0. The van der Waals surface area contributed by atoms with E-state index in [-0.39, 0.29) is 0 Å². The number of nitrogens with zero attached hydrogens (tertiary/aromatic N) is 1. The van der Waals surface area contributed by atoms with E-state index in [4.69, 9.17) is 10.7 Å². The Morgan fingerprint density at radius 2 is 1.44 bits per heavy atom. The van der Waals surface area contributed by atoms with Gasteiger partial charge in [-0.2, -0.15) is 0 Å². The van der Waals surface area contributed by atoms with Gasteiger partial charge in [0.15, 0.2) is 0 Å². The van der Waals surface area contributed by atoms with Crippen LogP contribution in [0.15, 0.2) is 65.2 Å². The number of fused-ring (bicyclic) bond motifs is 1. The van der Waals surface area contributed by atoms with Crippen molar-refractivity contribution >= 4 is 17.1 Å². The summed E-state index contributed by atoms with van der Waals surface area (Å²) < 4.78 is 0. The quantitative estimate of drug-likeness (QED) is 0.805. The number of aliphatic imine (C=N–C) groups is 1. The second-order valence-corrected chi connectivity index (χ2v) is 4.38. The van der Waals surface area contributed by atoms with Gasteiger partial charge in [-0.3, -0.25) is 0 Å². The monoisotopic (exact) mass is 234 g/mol. The van der Waals surface area contributed by atoms with E-state index >= 15 is 0 Å². The molecule has 18 heavy (non-hydrogen) atoms. The van der Waals surface area contributed by atoms with Crippen LogP contribution < -0.4 is 5.73 Å². The van der Waals surface area contributed by atoms with Crippen molar-refractivity contribution in [1.29, 1.82) is 0 Å². The van der Waals surface area contributed by atoms with Gasteiger partial charge in [0.2, 0.25) is 0 Å². The molecule has 0 aliphatic heterocycles. The summed E-state index contributed by atoms with van der Waals surface area (Å²) in [5.41, 5.74) is 12.2. The molecule has 2 aromatic carbocycles. The van der Waals surface area contributed by atoms with Crippen LogP contribution in [0.4, 0.5) is 5.69 Å². The average molecular weight is 234 g/mol. The average Bonchev–Trinajstić information content (AvgIpc) is 2.66. The molecule has 0 aromatic heterocycles. The zero-order chi connectivity index (χ0) is 12.5. The highest BCUT2D eigenvalue weighted by molar-refractivity contribution is 6.23. The molecule has 0 saturated heterocycles.